The molecule has 0 unspecified atom stereocenters. The molecule has 0 aromatic heterocycles. The van der Waals surface area contributed by atoms with Gasteiger partial charge in [0.1, 0.15) is 17.7 Å². The van der Waals surface area contributed by atoms with Gasteiger partial charge in [-0.3, -0.25) is 4.79 Å². The summed E-state index contributed by atoms with van der Waals surface area (Å²) in [5.74, 6) is -4.89. The summed E-state index contributed by atoms with van der Waals surface area (Å²) < 4.78 is 93.4. The lowest BCUT2D eigenvalue weighted by molar-refractivity contribution is -0.365. The molecule has 1 aromatic carbocycles. The number of hydrogen-bond donors (Lipinski definition) is 1. The van der Waals surface area contributed by atoms with Crippen molar-refractivity contribution in [1.29, 1.82) is 0 Å². The number of ether oxygens (including phenoxy) is 3. The van der Waals surface area contributed by atoms with Gasteiger partial charge in [-0.2, -0.15) is 26.3 Å². The van der Waals surface area contributed by atoms with E-state index in [-0.39, 0.29) is 12.9 Å². The zero-order valence-electron chi connectivity index (χ0n) is 13.6. The van der Waals surface area contributed by atoms with Crippen molar-refractivity contribution in [3.63, 3.8) is 0 Å². The van der Waals surface area contributed by atoms with Crippen LogP contribution in [0.4, 0.5) is 26.3 Å². The Morgan fingerprint density at radius 2 is 1.61 bits per heavy atom. The molecule has 0 atom stereocenters. The maximum absolute atomic E-state index is 13.3. The van der Waals surface area contributed by atoms with Gasteiger partial charge in [0.15, 0.2) is 6.79 Å². The molecule has 0 aliphatic heterocycles. The second-order valence-corrected chi connectivity index (χ2v) is 7.51. The largest absolute Gasteiger partial charge is 0.481 e. The molecule has 28 heavy (non-hydrogen) atoms. The van der Waals surface area contributed by atoms with Crippen LogP contribution in [0.1, 0.15) is 16.8 Å². The number of halogens is 8. The molecule has 0 fully saturated rings. The van der Waals surface area contributed by atoms with Gasteiger partial charge in [0.25, 0.3) is 0 Å². The van der Waals surface area contributed by atoms with Crippen LogP contribution in [-0.4, -0.2) is 48.9 Å². The van der Waals surface area contributed by atoms with Crippen LogP contribution in [0.25, 0.3) is 0 Å². The molecule has 0 saturated heterocycles. The van der Waals surface area contributed by atoms with Gasteiger partial charge in [0.2, 0.25) is 0 Å². The number of alkyl halides is 6. The van der Waals surface area contributed by atoms with E-state index in [9.17, 15) is 35.9 Å². The predicted octanol–water partition coefficient (Wildman–Crippen LogP) is 4.37. The summed E-state index contributed by atoms with van der Waals surface area (Å²) >= 11 is 3.31. The minimum absolute atomic E-state index is 0.177. The van der Waals surface area contributed by atoms with Gasteiger partial charge in [0.05, 0.1) is 3.57 Å². The van der Waals surface area contributed by atoms with Crippen molar-refractivity contribution < 1.29 is 55.2 Å². The van der Waals surface area contributed by atoms with Crippen molar-refractivity contribution in [2.24, 2.45) is 0 Å². The summed E-state index contributed by atoms with van der Waals surface area (Å²) in [5, 5.41) is 8.58. The summed E-state index contributed by atoms with van der Waals surface area (Å²) in [6.07, 6.45) is -15.1. The van der Waals surface area contributed by atoms with Crippen molar-refractivity contribution in [2.45, 2.75) is 24.4 Å². The smallest absolute Gasteiger partial charge is 0.438 e. The van der Waals surface area contributed by atoms with E-state index in [1.807, 2.05) is 0 Å². The molecule has 0 aliphatic carbocycles. The van der Waals surface area contributed by atoms with Crippen molar-refractivity contribution in [3.8, 4) is 5.75 Å². The van der Waals surface area contributed by atoms with Gasteiger partial charge in [0, 0.05) is 10.7 Å². The molecule has 14 heteroatoms. The van der Waals surface area contributed by atoms with Crippen molar-refractivity contribution >= 4 is 57.1 Å². The molecular weight excluding hydrogens is 632 g/mol. The number of methoxy groups -OCH3 is 1. The average Bonchev–Trinajstić information content (AvgIpc) is 2.50. The molecule has 0 bridgehead atoms. The van der Waals surface area contributed by atoms with Crippen molar-refractivity contribution in [3.05, 3.63) is 24.8 Å². The molecule has 0 amide bonds. The van der Waals surface area contributed by atoms with Crippen molar-refractivity contribution in [2.75, 3.05) is 13.9 Å². The predicted molar refractivity (Wildman–Crippen MR) is 96.9 cm³/mol. The first-order valence-corrected chi connectivity index (χ1v) is 9.01. The summed E-state index contributed by atoms with van der Waals surface area (Å²) in [6, 6.07) is 2.37. The fraction of sp³-hybridized carbons (Fsp3) is 0.429. The molecule has 6 nitrogen and oxygen atoms in total. The normalized spacial score (nSPS) is 12.6. The van der Waals surface area contributed by atoms with E-state index in [1.54, 1.807) is 45.2 Å². The third kappa shape index (κ3) is 5.52. The molecule has 0 heterocycles. The Bertz CT molecular complexity index is 735. The maximum atomic E-state index is 13.3. The van der Waals surface area contributed by atoms with E-state index in [4.69, 9.17) is 9.84 Å². The van der Waals surface area contributed by atoms with Crippen LogP contribution >= 0.6 is 45.2 Å². The Morgan fingerprint density at radius 3 is 2.04 bits per heavy atom. The number of carbonyl (C=O) groups is 2. The minimum atomic E-state index is -6.25. The number of aliphatic carboxylic acids is 1. The Kier molecular flexibility index (Phi) is 8.20. The second kappa shape index (κ2) is 9.19. The molecule has 0 spiro atoms. The summed E-state index contributed by atoms with van der Waals surface area (Å²) in [4.78, 5) is 23.0. The zero-order chi connectivity index (χ0) is 21.9. The van der Waals surface area contributed by atoms with E-state index >= 15 is 0 Å². The quantitative estimate of drug-likeness (QED) is 0.206. The van der Waals surface area contributed by atoms with Gasteiger partial charge < -0.3 is 19.3 Å². The van der Waals surface area contributed by atoms with E-state index in [0.717, 1.165) is 6.07 Å². The molecule has 158 valence electrons. The van der Waals surface area contributed by atoms with Crippen LogP contribution in [-0.2, 0) is 14.3 Å². The third-order valence-corrected chi connectivity index (χ3v) is 4.56. The van der Waals surface area contributed by atoms with E-state index < -0.39 is 48.7 Å². The van der Waals surface area contributed by atoms with Crippen LogP contribution in [0, 0.1) is 7.14 Å². The van der Waals surface area contributed by atoms with Gasteiger partial charge in [-0.25, -0.2) is 4.79 Å². The number of rotatable bonds is 7. The van der Waals surface area contributed by atoms with E-state index in [2.05, 4.69) is 9.47 Å². The highest BCUT2D eigenvalue weighted by Crippen LogP contribution is 2.49. The highest BCUT2D eigenvalue weighted by molar-refractivity contribution is 14.1. The highest BCUT2D eigenvalue weighted by atomic mass is 127. The molecule has 0 saturated carbocycles. The maximum Gasteiger partial charge on any atom is 0.438 e. The molecule has 0 radical (unpaired) electrons. The number of carbonyl (C=O) groups excluding carboxylic acids is 1. The van der Waals surface area contributed by atoms with E-state index in [1.165, 1.54) is 13.2 Å². The molecule has 1 N–H and O–H groups in total. The number of hydrogen-bond acceptors (Lipinski definition) is 5. The van der Waals surface area contributed by atoms with Crippen LogP contribution < -0.4 is 4.74 Å². The lowest BCUT2D eigenvalue weighted by atomic mass is 9.97. The topological polar surface area (TPSA) is 82.1 Å². The first kappa shape index (κ1) is 25.0. The first-order chi connectivity index (χ1) is 12.7. The number of carboxylic acid groups (broad SMARTS) is 1. The van der Waals surface area contributed by atoms with Gasteiger partial charge in [-0.1, -0.05) is 0 Å². The number of benzene rings is 1. The van der Waals surface area contributed by atoms with Crippen LogP contribution in [0.2, 0.25) is 0 Å². The third-order valence-electron chi connectivity index (χ3n) is 3.13. The van der Waals surface area contributed by atoms with Crippen LogP contribution in [0.5, 0.6) is 5.75 Å². The van der Waals surface area contributed by atoms with E-state index in [0.29, 0.717) is 0 Å². The van der Waals surface area contributed by atoms with Gasteiger partial charge in [-0.15, -0.1) is 0 Å². The molecular formula is C14H10F6I2O6. The van der Waals surface area contributed by atoms with Gasteiger partial charge >= 0.3 is 29.9 Å². The second-order valence-electron chi connectivity index (χ2n) is 5.10. The summed E-state index contributed by atoms with van der Waals surface area (Å²) in [7, 11) is 1.20. The number of esters is 1. The zero-order valence-corrected chi connectivity index (χ0v) is 17.9. The lowest BCUT2D eigenvalue weighted by Crippen LogP contribution is -2.60. The molecule has 1 rings (SSSR count). The first-order valence-electron chi connectivity index (χ1n) is 6.85. The molecule has 1 aromatic rings. The van der Waals surface area contributed by atoms with Crippen LogP contribution in [0.3, 0.4) is 0 Å². The van der Waals surface area contributed by atoms with Crippen LogP contribution in [0.15, 0.2) is 12.1 Å². The standard InChI is InChI=1S/C14H10F6I2O6/c1-26-5-27-10-7(2-6(21)3-8(10)22)11(25)28-12(4-9(23)24,13(15,16)17)14(18,19)20/h2-3H,4-5H2,1H3,(H,23,24). The van der Waals surface area contributed by atoms with Crippen molar-refractivity contribution in [1.82, 2.24) is 0 Å². The Morgan fingerprint density at radius 1 is 1.07 bits per heavy atom. The summed E-state index contributed by atoms with van der Waals surface area (Å²) in [5.41, 5.74) is -6.00. The average molecular weight is 642 g/mol. The SMILES string of the molecule is COCOc1c(I)cc(I)cc1C(=O)OC(CC(=O)O)(C(F)(F)F)C(F)(F)F. The Labute approximate surface area is 180 Å². The highest BCUT2D eigenvalue weighted by Gasteiger charge is 2.75. The number of carboxylic acids is 1. The lowest BCUT2D eigenvalue weighted by Gasteiger charge is -2.35. The Balaban J connectivity index is 3.53. The molecule has 0 aliphatic rings. The fourth-order valence-corrected chi connectivity index (χ4v) is 3.92. The monoisotopic (exact) mass is 642 g/mol. The fourth-order valence-electron chi connectivity index (χ4n) is 1.92. The Hall–Kier alpha value is -1.04. The minimum Gasteiger partial charge on any atom is -0.481 e. The van der Waals surface area contributed by atoms with Gasteiger partial charge in [-0.05, 0) is 57.3 Å². The summed E-state index contributed by atoms with van der Waals surface area (Å²) in [6.45, 7) is -0.463.